The summed E-state index contributed by atoms with van der Waals surface area (Å²) in [5, 5.41) is 6.83. The topological polar surface area (TPSA) is 61.4 Å². The number of halogens is 1. The Morgan fingerprint density at radius 3 is 2.92 bits per heavy atom. The van der Waals surface area contributed by atoms with Crippen LogP contribution < -0.4 is 10.6 Å². The number of piperazine rings is 1. The van der Waals surface area contributed by atoms with E-state index in [9.17, 15) is 9.59 Å². The van der Waals surface area contributed by atoms with Crippen LogP contribution in [0.4, 0.5) is 0 Å². The van der Waals surface area contributed by atoms with Crippen molar-refractivity contribution >= 4 is 23.4 Å². The van der Waals surface area contributed by atoms with Gasteiger partial charge in [0.05, 0.1) is 6.04 Å². The van der Waals surface area contributed by atoms with E-state index in [2.05, 4.69) is 10.6 Å². The van der Waals surface area contributed by atoms with Gasteiger partial charge >= 0.3 is 0 Å². The van der Waals surface area contributed by atoms with Crippen molar-refractivity contribution in [1.82, 2.24) is 15.5 Å². The summed E-state index contributed by atoms with van der Waals surface area (Å²) in [6.45, 7) is 4.51. The maximum Gasteiger partial charge on any atom is 0.223 e. The summed E-state index contributed by atoms with van der Waals surface area (Å²) >= 11 is 6.09. The van der Waals surface area contributed by atoms with Gasteiger partial charge < -0.3 is 15.5 Å². The quantitative estimate of drug-likeness (QED) is 0.742. The standard InChI is InChI=1S/C18H26ClN3O2/c1-14(23)21-9-4-2-3-8-18(24)22-11-10-20-13-17(22)15-6-5-7-16(19)12-15/h5-7,12,17,20H,2-4,8-11,13H2,1H3,(H,21,23). The molecule has 0 aromatic heterocycles. The van der Waals surface area contributed by atoms with E-state index in [0.717, 1.165) is 44.5 Å². The van der Waals surface area contributed by atoms with E-state index < -0.39 is 0 Å². The van der Waals surface area contributed by atoms with Gasteiger partial charge in [0, 0.05) is 44.5 Å². The molecule has 1 heterocycles. The van der Waals surface area contributed by atoms with E-state index in [4.69, 9.17) is 11.6 Å². The molecule has 0 spiro atoms. The number of nitrogens with zero attached hydrogens (tertiary/aromatic N) is 1. The molecule has 0 aliphatic carbocycles. The summed E-state index contributed by atoms with van der Waals surface area (Å²) in [4.78, 5) is 25.4. The van der Waals surface area contributed by atoms with Gasteiger partial charge in [-0.05, 0) is 30.5 Å². The van der Waals surface area contributed by atoms with Gasteiger partial charge in [0.2, 0.25) is 11.8 Å². The van der Waals surface area contributed by atoms with E-state index in [-0.39, 0.29) is 17.9 Å². The number of hydrogen-bond donors (Lipinski definition) is 2. The van der Waals surface area contributed by atoms with Gasteiger partial charge in [-0.25, -0.2) is 0 Å². The van der Waals surface area contributed by atoms with E-state index >= 15 is 0 Å². The lowest BCUT2D eigenvalue weighted by Gasteiger charge is -2.36. The number of amides is 2. The highest BCUT2D eigenvalue weighted by Gasteiger charge is 2.27. The third-order valence-corrected chi connectivity index (χ3v) is 4.47. The fourth-order valence-corrected chi connectivity index (χ4v) is 3.20. The molecule has 2 N–H and O–H groups in total. The van der Waals surface area contributed by atoms with Gasteiger partial charge in [0.15, 0.2) is 0 Å². The SMILES string of the molecule is CC(=O)NCCCCCC(=O)N1CCNCC1c1cccc(Cl)c1. The lowest BCUT2D eigenvalue weighted by Crippen LogP contribution is -2.48. The lowest BCUT2D eigenvalue weighted by molar-refractivity contribution is -0.134. The van der Waals surface area contributed by atoms with Crippen LogP contribution in [-0.2, 0) is 9.59 Å². The molecule has 2 amide bonds. The molecule has 0 bridgehead atoms. The fourth-order valence-electron chi connectivity index (χ4n) is 3.00. The van der Waals surface area contributed by atoms with Gasteiger partial charge in [0.25, 0.3) is 0 Å². The van der Waals surface area contributed by atoms with Gasteiger partial charge in [-0.2, -0.15) is 0 Å². The smallest absolute Gasteiger partial charge is 0.223 e. The summed E-state index contributed by atoms with van der Waals surface area (Å²) in [5.41, 5.74) is 1.08. The Labute approximate surface area is 148 Å². The van der Waals surface area contributed by atoms with Gasteiger partial charge in [-0.15, -0.1) is 0 Å². The van der Waals surface area contributed by atoms with Crippen LogP contribution in [0.1, 0.15) is 44.2 Å². The molecule has 1 unspecified atom stereocenters. The molecule has 1 aromatic carbocycles. The normalized spacial score (nSPS) is 17.6. The Kier molecular flexibility index (Phi) is 7.53. The first-order chi connectivity index (χ1) is 11.6. The monoisotopic (exact) mass is 351 g/mol. The Morgan fingerprint density at radius 2 is 2.17 bits per heavy atom. The summed E-state index contributed by atoms with van der Waals surface area (Å²) in [6, 6.07) is 7.79. The zero-order chi connectivity index (χ0) is 17.4. The highest BCUT2D eigenvalue weighted by Crippen LogP contribution is 2.25. The van der Waals surface area contributed by atoms with E-state index in [1.54, 1.807) is 0 Å². The summed E-state index contributed by atoms with van der Waals surface area (Å²) in [6.07, 6.45) is 3.26. The molecule has 132 valence electrons. The van der Waals surface area contributed by atoms with Crippen LogP contribution in [-0.4, -0.2) is 42.9 Å². The second kappa shape index (κ2) is 9.64. The van der Waals surface area contributed by atoms with E-state index in [1.165, 1.54) is 6.92 Å². The molecular formula is C18H26ClN3O2. The first kappa shape index (κ1) is 18.7. The van der Waals surface area contributed by atoms with Gasteiger partial charge in [-0.3, -0.25) is 9.59 Å². The van der Waals surface area contributed by atoms with Crippen molar-refractivity contribution in [3.8, 4) is 0 Å². The fraction of sp³-hybridized carbons (Fsp3) is 0.556. The van der Waals surface area contributed by atoms with Crippen molar-refractivity contribution in [2.24, 2.45) is 0 Å². The second-order valence-electron chi connectivity index (χ2n) is 6.16. The van der Waals surface area contributed by atoms with Crippen molar-refractivity contribution in [3.05, 3.63) is 34.9 Å². The molecule has 1 saturated heterocycles. The minimum absolute atomic E-state index is 0.00347. The van der Waals surface area contributed by atoms with Crippen LogP contribution in [0.25, 0.3) is 0 Å². The van der Waals surface area contributed by atoms with E-state index in [1.807, 2.05) is 29.2 Å². The predicted octanol–water partition coefficient (Wildman–Crippen LogP) is 2.51. The predicted molar refractivity (Wildman–Crippen MR) is 95.9 cm³/mol. The minimum atomic E-state index is -0.00347. The molecule has 1 aliphatic heterocycles. The molecule has 1 atom stereocenters. The summed E-state index contributed by atoms with van der Waals surface area (Å²) in [7, 11) is 0. The molecule has 5 nitrogen and oxygen atoms in total. The third-order valence-electron chi connectivity index (χ3n) is 4.24. The number of rotatable bonds is 7. The molecule has 1 aliphatic rings. The first-order valence-electron chi connectivity index (χ1n) is 8.58. The average Bonchev–Trinajstić information content (AvgIpc) is 2.57. The molecule has 6 heteroatoms. The van der Waals surface area contributed by atoms with Gasteiger partial charge in [-0.1, -0.05) is 30.2 Å². The molecule has 2 rings (SSSR count). The van der Waals surface area contributed by atoms with E-state index in [0.29, 0.717) is 18.0 Å². The van der Waals surface area contributed by atoms with Gasteiger partial charge in [0.1, 0.15) is 0 Å². The van der Waals surface area contributed by atoms with Crippen LogP contribution in [0.3, 0.4) is 0 Å². The van der Waals surface area contributed by atoms with Crippen LogP contribution >= 0.6 is 11.6 Å². The molecule has 1 aromatic rings. The van der Waals surface area contributed by atoms with Crippen LogP contribution in [0, 0.1) is 0 Å². The zero-order valence-corrected chi connectivity index (χ0v) is 14.9. The lowest BCUT2D eigenvalue weighted by atomic mass is 10.0. The van der Waals surface area contributed by atoms with Crippen LogP contribution in [0.2, 0.25) is 5.02 Å². The van der Waals surface area contributed by atoms with Crippen molar-refractivity contribution in [3.63, 3.8) is 0 Å². The Balaban J connectivity index is 1.83. The summed E-state index contributed by atoms with van der Waals surface area (Å²) in [5.74, 6) is 0.192. The Morgan fingerprint density at radius 1 is 1.33 bits per heavy atom. The van der Waals surface area contributed by atoms with Crippen molar-refractivity contribution < 1.29 is 9.59 Å². The number of carbonyl (C=O) groups is 2. The van der Waals surface area contributed by atoms with Crippen molar-refractivity contribution in [2.45, 2.75) is 38.6 Å². The molecular weight excluding hydrogens is 326 g/mol. The van der Waals surface area contributed by atoms with Crippen molar-refractivity contribution in [1.29, 1.82) is 0 Å². The maximum absolute atomic E-state index is 12.6. The average molecular weight is 352 g/mol. The highest BCUT2D eigenvalue weighted by atomic mass is 35.5. The Bertz CT molecular complexity index is 565. The molecule has 1 fully saturated rings. The number of nitrogens with one attached hydrogen (secondary N) is 2. The third kappa shape index (κ3) is 5.80. The number of hydrogen-bond acceptors (Lipinski definition) is 3. The summed E-state index contributed by atoms with van der Waals surface area (Å²) < 4.78 is 0. The molecule has 0 saturated carbocycles. The van der Waals surface area contributed by atoms with Crippen LogP contribution in [0.15, 0.2) is 24.3 Å². The number of benzene rings is 1. The minimum Gasteiger partial charge on any atom is -0.356 e. The molecule has 24 heavy (non-hydrogen) atoms. The highest BCUT2D eigenvalue weighted by molar-refractivity contribution is 6.30. The second-order valence-corrected chi connectivity index (χ2v) is 6.59. The molecule has 0 radical (unpaired) electrons. The largest absolute Gasteiger partial charge is 0.356 e. The first-order valence-corrected chi connectivity index (χ1v) is 8.96. The number of carbonyl (C=O) groups excluding carboxylic acids is 2. The van der Waals surface area contributed by atoms with Crippen molar-refractivity contribution in [2.75, 3.05) is 26.2 Å². The maximum atomic E-state index is 12.6. The van der Waals surface area contributed by atoms with Crippen LogP contribution in [0.5, 0.6) is 0 Å². The number of unbranched alkanes of at least 4 members (excludes halogenated alkanes) is 2. The zero-order valence-electron chi connectivity index (χ0n) is 14.2. The Hall–Kier alpha value is -1.59.